The highest BCUT2D eigenvalue weighted by Gasteiger charge is 2.17. The summed E-state index contributed by atoms with van der Waals surface area (Å²) in [7, 11) is 1.61. The lowest BCUT2D eigenvalue weighted by atomic mass is 10.1. The first-order valence-electron chi connectivity index (χ1n) is 6.72. The Balaban J connectivity index is 2.08. The molecule has 4 nitrogen and oxygen atoms in total. The third-order valence-electron chi connectivity index (χ3n) is 3.34. The first kappa shape index (κ1) is 14.8. The molecule has 108 valence electrons. The third-order valence-corrected chi connectivity index (χ3v) is 3.34. The molecule has 1 N–H and O–H groups in total. The summed E-state index contributed by atoms with van der Waals surface area (Å²) in [6.07, 6.45) is 0.980. The SMILES string of the molecule is CN(C(=O)CCc1ccccc1)c1ccccc1C(=O)O. The molecule has 2 aromatic carbocycles. The van der Waals surface area contributed by atoms with Gasteiger partial charge in [-0.3, -0.25) is 4.79 Å². The van der Waals surface area contributed by atoms with Gasteiger partial charge < -0.3 is 10.0 Å². The lowest BCUT2D eigenvalue weighted by Crippen LogP contribution is -2.28. The first-order valence-corrected chi connectivity index (χ1v) is 6.72. The second-order valence-corrected chi connectivity index (χ2v) is 4.76. The van der Waals surface area contributed by atoms with Gasteiger partial charge in [-0.2, -0.15) is 0 Å². The van der Waals surface area contributed by atoms with E-state index >= 15 is 0 Å². The van der Waals surface area contributed by atoms with Crippen molar-refractivity contribution in [2.45, 2.75) is 12.8 Å². The number of benzene rings is 2. The Morgan fingerprint density at radius 3 is 2.29 bits per heavy atom. The molecule has 0 aliphatic rings. The molecule has 0 unspecified atom stereocenters. The molecule has 4 heteroatoms. The number of carboxylic acids is 1. The molecule has 0 bridgehead atoms. The largest absolute Gasteiger partial charge is 0.478 e. The molecular formula is C17H17NO3. The van der Waals surface area contributed by atoms with Crippen LogP contribution in [0, 0.1) is 0 Å². The molecule has 0 spiro atoms. The fraction of sp³-hybridized carbons (Fsp3) is 0.176. The van der Waals surface area contributed by atoms with E-state index in [1.807, 2.05) is 30.3 Å². The minimum absolute atomic E-state index is 0.104. The number of carbonyl (C=O) groups excluding carboxylic acids is 1. The summed E-state index contributed by atoms with van der Waals surface area (Å²) in [5, 5.41) is 9.17. The summed E-state index contributed by atoms with van der Waals surface area (Å²) in [6, 6.07) is 16.3. The normalized spacial score (nSPS) is 10.1. The number of para-hydroxylation sites is 1. The van der Waals surface area contributed by atoms with Crippen LogP contribution >= 0.6 is 0 Å². The van der Waals surface area contributed by atoms with E-state index in [4.69, 9.17) is 5.11 Å². The highest BCUT2D eigenvalue weighted by molar-refractivity contribution is 6.01. The number of nitrogens with zero attached hydrogens (tertiary/aromatic N) is 1. The highest BCUT2D eigenvalue weighted by atomic mass is 16.4. The summed E-state index contributed by atoms with van der Waals surface area (Å²) in [6.45, 7) is 0. The average Bonchev–Trinajstić information content (AvgIpc) is 2.52. The average molecular weight is 283 g/mol. The predicted molar refractivity (Wildman–Crippen MR) is 81.6 cm³/mol. The molecule has 0 radical (unpaired) electrons. The molecule has 2 rings (SSSR count). The van der Waals surface area contributed by atoms with Crippen LogP contribution in [0.15, 0.2) is 54.6 Å². The number of hydrogen-bond acceptors (Lipinski definition) is 2. The van der Waals surface area contributed by atoms with E-state index in [9.17, 15) is 9.59 Å². The van der Waals surface area contributed by atoms with Crippen LogP contribution in [0.4, 0.5) is 5.69 Å². The number of hydrogen-bond donors (Lipinski definition) is 1. The lowest BCUT2D eigenvalue weighted by Gasteiger charge is -2.19. The van der Waals surface area contributed by atoms with Gasteiger partial charge in [0.05, 0.1) is 11.3 Å². The topological polar surface area (TPSA) is 57.6 Å². The van der Waals surface area contributed by atoms with Crippen molar-refractivity contribution in [2.24, 2.45) is 0 Å². The Labute approximate surface area is 123 Å². The molecule has 0 heterocycles. The van der Waals surface area contributed by atoms with E-state index in [0.29, 0.717) is 18.5 Å². The quantitative estimate of drug-likeness (QED) is 0.917. The number of carbonyl (C=O) groups is 2. The number of amides is 1. The van der Waals surface area contributed by atoms with Crippen LogP contribution in [-0.2, 0) is 11.2 Å². The van der Waals surface area contributed by atoms with Crippen LogP contribution in [0.5, 0.6) is 0 Å². The molecule has 0 saturated heterocycles. The summed E-state index contributed by atoms with van der Waals surface area (Å²) >= 11 is 0. The van der Waals surface area contributed by atoms with Crippen LogP contribution in [0.2, 0.25) is 0 Å². The van der Waals surface area contributed by atoms with Crippen molar-refractivity contribution in [1.82, 2.24) is 0 Å². The standard InChI is InChI=1S/C17H17NO3/c1-18(15-10-6-5-9-14(15)17(20)21)16(19)12-11-13-7-3-2-4-8-13/h2-10H,11-12H2,1H3,(H,20,21). The fourth-order valence-corrected chi connectivity index (χ4v) is 2.14. The molecule has 1 amide bonds. The van der Waals surface area contributed by atoms with Gasteiger partial charge >= 0.3 is 5.97 Å². The zero-order valence-corrected chi connectivity index (χ0v) is 11.8. The van der Waals surface area contributed by atoms with Gasteiger partial charge in [-0.05, 0) is 24.1 Å². The van der Waals surface area contributed by atoms with E-state index in [0.717, 1.165) is 5.56 Å². The van der Waals surface area contributed by atoms with Crippen molar-refractivity contribution >= 4 is 17.6 Å². The highest BCUT2D eigenvalue weighted by Crippen LogP contribution is 2.20. The number of anilines is 1. The Morgan fingerprint density at radius 2 is 1.62 bits per heavy atom. The Kier molecular flexibility index (Phi) is 4.72. The maximum absolute atomic E-state index is 12.2. The molecule has 21 heavy (non-hydrogen) atoms. The number of aryl methyl sites for hydroxylation is 1. The predicted octanol–water partition coefficient (Wildman–Crippen LogP) is 2.98. The van der Waals surface area contributed by atoms with E-state index < -0.39 is 5.97 Å². The summed E-state index contributed by atoms with van der Waals surface area (Å²) < 4.78 is 0. The van der Waals surface area contributed by atoms with Crippen molar-refractivity contribution in [1.29, 1.82) is 0 Å². The second kappa shape index (κ2) is 6.70. The Morgan fingerprint density at radius 1 is 1.00 bits per heavy atom. The first-order chi connectivity index (χ1) is 10.1. The van der Waals surface area contributed by atoms with Crippen molar-refractivity contribution in [2.75, 3.05) is 11.9 Å². The van der Waals surface area contributed by atoms with Crippen LogP contribution < -0.4 is 4.90 Å². The van der Waals surface area contributed by atoms with Crippen molar-refractivity contribution < 1.29 is 14.7 Å². The lowest BCUT2D eigenvalue weighted by molar-refractivity contribution is -0.118. The smallest absolute Gasteiger partial charge is 0.337 e. The summed E-state index contributed by atoms with van der Waals surface area (Å²) in [5.41, 5.74) is 1.64. The fourth-order valence-electron chi connectivity index (χ4n) is 2.14. The number of rotatable bonds is 5. The Bertz CT molecular complexity index is 637. The van der Waals surface area contributed by atoms with Gasteiger partial charge in [0.1, 0.15) is 0 Å². The van der Waals surface area contributed by atoms with Gasteiger partial charge in [0.25, 0.3) is 0 Å². The van der Waals surface area contributed by atoms with Crippen molar-refractivity contribution in [3.63, 3.8) is 0 Å². The third kappa shape index (κ3) is 3.69. The number of carboxylic acid groups (broad SMARTS) is 1. The van der Waals surface area contributed by atoms with Gasteiger partial charge in [0.15, 0.2) is 0 Å². The minimum atomic E-state index is -1.03. The molecule has 2 aromatic rings. The van der Waals surface area contributed by atoms with Crippen LogP contribution in [0.1, 0.15) is 22.3 Å². The van der Waals surface area contributed by atoms with Crippen LogP contribution in [0.25, 0.3) is 0 Å². The maximum Gasteiger partial charge on any atom is 0.337 e. The summed E-state index contributed by atoms with van der Waals surface area (Å²) in [5.74, 6) is -1.14. The van der Waals surface area contributed by atoms with E-state index in [1.165, 1.54) is 11.0 Å². The van der Waals surface area contributed by atoms with E-state index in [-0.39, 0.29) is 11.5 Å². The zero-order chi connectivity index (χ0) is 15.2. The number of aromatic carboxylic acids is 1. The van der Waals surface area contributed by atoms with Gasteiger partial charge in [-0.15, -0.1) is 0 Å². The van der Waals surface area contributed by atoms with Gasteiger partial charge in [-0.25, -0.2) is 4.79 Å². The van der Waals surface area contributed by atoms with Crippen molar-refractivity contribution in [3.8, 4) is 0 Å². The summed E-state index contributed by atoms with van der Waals surface area (Å²) in [4.78, 5) is 24.8. The molecule has 0 aromatic heterocycles. The maximum atomic E-state index is 12.2. The Hall–Kier alpha value is -2.62. The van der Waals surface area contributed by atoms with Gasteiger partial charge in [0.2, 0.25) is 5.91 Å². The second-order valence-electron chi connectivity index (χ2n) is 4.76. The van der Waals surface area contributed by atoms with Crippen molar-refractivity contribution in [3.05, 3.63) is 65.7 Å². The van der Waals surface area contributed by atoms with Crippen LogP contribution in [0.3, 0.4) is 0 Å². The molecule has 0 atom stereocenters. The molecule has 0 aliphatic heterocycles. The molecule has 0 aliphatic carbocycles. The molecular weight excluding hydrogens is 266 g/mol. The van der Waals surface area contributed by atoms with E-state index in [1.54, 1.807) is 25.2 Å². The monoisotopic (exact) mass is 283 g/mol. The van der Waals surface area contributed by atoms with Gasteiger partial charge in [0, 0.05) is 13.5 Å². The van der Waals surface area contributed by atoms with Crippen LogP contribution in [-0.4, -0.2) is 24.0 Å². The van der Waals surface area contributed by atoms with Gasteiger partial charge in [-0.1, -0.05) is 42.5 Å². The van der Waals surface area contributed by atoms with E-state index in [2.05, 4.69) is 0 Å². The molecule has 0 saturated carbocycles. The minimum Gasteiger partial charge on any atom is -0.478 e. The molecule has 0 fully saturated rings. The zero-order valence-electron chi connectivity index (χ0n) is 11.8.